The summed E-state index contributed by atoms with van der Waals surface area (Å²) in [6.07, 6.45) is 16.3. The SMILES string of the molecule is CCCCCc1ccc2c(c1)CCC(CCC1CCC(OCC)CC1)O2. The fourth-order valence-electron chi connectivity index (χ4n) is 4.68. The van der Waals surface area contributed by atoms with E-state index in [1.165, 1.54) is 88.2 Å². The molecule has 1 aromatic carbocycles. The van der Waals surface area contributed by atoms with Crippen LogP contribution < -0.4 is 4.74 Å². The maximum Gasteiger partial charge on any atom is 0.122 e. The Kier molecular flexibility index (Phi) is 7.85. The van der Waals surface area contributed by atoms with Gasteiger partial charge in [0.1, 0.15) is 5.75 Å². The first-order valence-corrected chi connectivity index (χ1v) is 11.2. The number of hydrogen-bond acceptors (Lipinski definition) is 2. The Labute approximate surface area is 160 Å². The van der Waals surface area contributed by atoms with E-state index >= 15 is 0 Å². The molecule has 0 radical (unpaired) electrons. The normalized spacial score (nSPS) is 25.5. The predicted molar refractivity (Wildman–Crippen MR) is 109 cm³/mol. The van der Waals surface area contributed by atoms with Gasteiger partial charge in [-0.25, -0.2) is 0 Å². The molecule has 1 fully saturated rings. The summed E-state index contributed by atoms with van der Waals surface area (Å²) in [7, 11) is 0. The standard InChI is InChI=1S/C24H38O2/c1-3-5-6-7-20-11-17-24-21(18-20)12-16-23(26-24)15-10-19-8-13-22(14-9-19)25-4-2/h11,17-19,22-23H,3-10,12-16H2,1-2H3. The molecule has 146 valence electrons. The van der Waals surface area contributed by atoms with Crippen molar-refractivity contribution in [3.63, 3.8) is 0 Å². The highest BCUT2D eigenvalue weighted by Gasteiger charge is 2.24. The topological polar surface area (TPSA) is 18.5 Å². The molecular formula is C24H38O2. The summed E-state index contributed by atoms with van der Waals surface area (Å²) in [5.41, 5.74) is 2.93. The maximum absolute atomic E-state index is 6.34. The van der Waals surface area contributed by atoms with E-state index in [0.29, 0.717) is 12.2 Å². The molecule has 0 amide bonds. The Morgan fingerprint density at radius 3 is 2.62 bits per heavy atom. The molecule has 1 unspecified atom stereocenters. The van der Waals surface area contributed by atoms with Crippen molar-refractivity contribution in [2.75, 3.05) is 6.61 Å². The van der Waals surface area contributed by atoms with Gasteiger partial charge in [0.2, 0.25) is 0 Å². The average molecular weight is 359 g/mol. The lowest BCUT2D eigenvalue weighted by Crippen LogP contribution is -2.26. The van der Waals surface area contributed by atoms with Crippen LogP contribution in [-0.4, -0.2) is 18.8 Å². The molecule has 2 aliphatic rings. The zero-order valence-corrected chi connectivity index (χ0v) is 17.0. The van der Waals surface area contributed by atoms with Gasteiger partial charge in [-0.15, -0.1) is 0 Å². The number of hydrogen-bond donors (Lipinski definition) is 0. The van der Waals surface area contributed by atoms with Crippen molar-refractivity contribution in [3.05, 3.63) is 29.3 Å². The molecule has 1 heterocycles. The molecule has 2 nitrogen and oxygen atoms in total. The van der Waals surface area contributed by atoms with Crippen molar-refractivity contribution in [2.24, 2.45) is 5.92 Å². The second-order valence-electron chi connectivity index (χ2n) is 8.35. The Morgan fingerprint density at radius 1 is 1.00 bits per heavy atom. The van der Waals surface area contributed by atoms with Crippen molar-refractivity contribution in [3.8, 4) is 5.75 Å². The van der Waals surface area contributed by atoms with E-state index in [4.69, 9.17) is 9.47 Å². The summed E-state index contributed by atoms with van der Waals surface area (Å²) in [5, 5.41) is 0. The minimum Gasteiger partial charge on any atom is -0.490 e. The van der Waals surface area contributed by atoms with E-state index in [2.05, 4.69) is 32.0 Å². The highest BCUT2D eigenvalue weighted by molar-refractivity contribution is 5.39. The lowest BCUT2D eigenvalue weighted by molar-refractivity contribution is 0.0230. The van der Waals surface area contributed by atoms with Gasteiger partial charge in [0.15, 0.2) is 0 Å². The second-order valence-corrected chi connectivity index (χ2v) is 8.35. The third kappa shape index (κ3) is 5.74. The molecule has 1 aromatic rings. The van der Waals surface area contributed by atoms with Gasteiger partial charge < -0.3 is 9.47 Å². The summed E-state index contributed by atoms with van der Waals surface area (Å²) < 4.78 is 12.1. The molecule has 2 heteroatoms. The third-order valence-electron chi connectivity index (χ3n) is 6.32. The average Bonchev–Trinajstić information content (AvgIpc) is 2.68. The van der Waals surface area contributed by atoms with E-state index in [1.54, 1.807) is 0 Å². The van der Waals surface area contributed by atoms with E-state index < -0.39 is 0 Å². The van der Waals surface area contributed by atoms with Gasteiger partial charge in [-0.1, -0.05) is 31.9 Å². The number of benzene rings is 1. The number of aryl methyl sites for hydroxylation is 2. The van der Waals surface area contributed by atoms with Gasteiger partial charge in [-0.2, -0.15) is 0 Å². The van der Waals surface area contributed by atoms with Gasteiger partial charge in [-0.05, 0) is 94.2 Å². The molecule has 0 N–H and O–H groups in total. The molecule has 3 rings (SSSR count). The van der Waals surface area contributed by atoms with Crippen LogP contribution in [0.25, 0.3) is 0 Å². The van der Waals surface area contributed by atoms with Crippen LogP contribution in [0.15, 0.2) is 18.2 Å². The van der Waals surface area contributed by atoms with Gasteiger partial charge >= 0.3 is 0 Å². The van der Waals surface area contributed by atoms with Crippen LogP contribution in [0.3, 0.4) is 0 Å². The molecule has 0 spiro atoms. The van der Waals surface area contributed by atoms with Crippen molar-refractivity contribution in [1.29, 1.82) is 0 Å². The lowest BCUT2D eigenvalue weighted by Gasteiger charge is -2.31. The van der Waals surface area contributed by atoms with Crippen molar-refractivity contribution < 1.29 is 9.47 Å². The van der Waals surface area contributed by atoms with Crippen LogP contribution in [0.2, 0.25) is 0 Å². The second kappa shape index (κ2) is 10.3. The smallest absolute Gasteiger partial charge is 0.122 e. The van der Waals surface area contributed by atoms with E-state index in [1.807, 2.05) is 0 Å². The van der Waals surface area contributed by atoms with E-state index in [0.717, 1.165) is 18.3 Å². The summed E-state index contributed by atoms with van der Waals surface area (Å²) in [4.78, 5) is 0. The van der Waals surface area contributed by atoms with Crippen molar-refractivity contribution >= 4 is 0 Å². The van der Waals surface area contributed by atoms with Crippen LogP contribution >= 0.6 is 0 Å². The zero-order valence-electron chi connectivity index (χ0n) is 17.0. The third-order valence-corrected chi connectivity index (χ3v) is 6.32. The molecule has 0 bridgehead atoms. The minimum absolute atomic E-state index is 0.429. The molecule has 0 aromatic heterocycles. The minimum atomic E-state index is 0.429. The first-order chi connectivity index (χ1) is 12.8. The van der Waals surface area contributed by atoms with Gasteiger partial charge in [-0.3, -0.25) is 0 Å². The van der Waals surface area contributed by atoms with Crippen molar-refractivity contribution in [1.82, 2.24) is 0 Å². The maximum atomic E-state index is 6.34. The van der Waals surface area contributed by atoms with Crippen LogP contribution in [0, 0.1) is 5.92 Å². The first-order valence-electron chi connectivity index (χ1n) is 11.2. The number of ether oxygens (including phenoxy) is 2. The largest absolute Gasteiger partial charge is 0.490 e. The highest BCUT2D eigenvalue weighted by Crippen LogP contribution is 2.34. The van der Waals surface area contributed by atoms with Gasteiger partial charge in [0.05, 0.1) is 12.2 Å². The molecule has 1 aliphatic heterocycles. The van der Waals surface area contributed by atoms with Crippen LogP contribution in [0.5, 0.6) is 5.75 Å². The van der Waals surface area contributed by atoms with Crippen LogP contribution in [-0.2, 0) is 17.6 Å². The van der Waals surface area contributed by atoms with Gasteiger partial charge in [0, 0.05) is 6.61 Å². The molecule has 1 atom stereocenters. The zero-order chi connectivity index (χ0) is 18.2. The Morgan fingerprint density at radius 2 is 1.85 bits per heavy atom. The Bertz CT molecular complexity index is 531. The van der Waals surface area contributed by atoms with E-state index in [-0.39, 0.29) is 0 Å². The van der Waals surface area contributed by atoms with E-state index in [9.17, 15) is 0 Å². The monoisotopic (exact) mass is 358 g/mol. The number of unbranched alkanes of at least 4 members (excludes halogenated alkanes) is 2. The first kappa shape index (κ1) is 19.7. The predicted octanol–water partition coefficient (Wildman–Crippen LogP) is 6.49. The van der Waals surface area contributed by atoms with Crippen molar-refractivity contribution in [2.45, 2.75) is 103 Å². The molecule has 0 saturated heterocycles. The Hall–Kier alpha value is -1.02. The highest BCUT2D eigenvalue weighted by atomic mass is 16.5. The fourth-order valence-corrected chi connectivity index (χ4v) is 4.68. The molecule has 1 aliphatic carbocycles. The van der Waals surface area contributed by atoms with Crippen LogP contribution in [0.4, 0.5) is 0 Å². The Balaban J connectivity index is 1.41. The summed E-state index contributed by atoms with van der Waals surface area (Å²) in [6.45, 7) is 5.24. The number of rotatable bonds is 9. The quantitative estimate of drug-likeness (QED) is 0.470. The molecular weight excluding hydrogens is 320 g/mol. The fraction of sp³-hybridized carbons (Fsp3) is 0.750. The summed E-state index contributed by atoms with van der Waals surface area (Å²) in [6, 6.07) is 6.91. The summed E-state index contributed by atoms with van der Waals surface area (Å²) >= 11 is 0. The molecule has 26 heavy (non-hydrogen) atoms. The summed E-state index contributed by atoms with van der Waals surface area (Å²) in [5.74, 6) is 2.04. The number of fused-ring (bicyclic) bond motifs is 1. The van der Waals surface area contributed by atoms with Gasteiger partial charge in [0.25, 0.3) is 0 Å². The molecule has 1 saturated carbocycles. The lowest BCUT2D eigenvalue weighted by atomic mass is 9.83. The van der Waals surface area contributed by atoms with Crippen LogP contribution in [0.1, 0.15) is 89.2 Å².